The number of aliphatic hydroxyl groups excluding tert-OH is 4. The van der Waals surface area contributed by atoms with E-state index in [0.717, 1.165) is 0 Å². The van der Waals surface area contributed by atoms with Gasteiger partial charge in [-0.05, 0) is 12.1 Å². The molecule has 0 aliphatic carbocycles. The molecule has 7 nitrogen and oxygen atoms in total. The van der Waals surface area contributed by atoms with Gasteiger partial charge in [0.25, 0.3) is 0 Å². The Morgan fingerprint density at radius 2 is 1.90 bits per heavy atom. The Hall–Kier alpha value is -1.67. The number of carbonyl (C=O) groups is 1. The largest absolute Gasteiger partial charge is 0.465 e. The highest BCUT2D eigenvalue weighted by Gasteiger charge is 2.24. The van der Waals surface area contributed by atoms with Gasteiger partial charge in [0, 0.05) is 12.2 Å². The molecule has 1 aromatic carbocycles. The van der Waals surface area contributed by atoms with Gasteiger partial charge in [-0.3, -0.25) is 0 Å². The van der Waals surface area contributed by atoms with Crippen molar-refractivity contribution in [3.8, 4) is 0 Å². The molecule has 3 atom stereocenters. The van der Waals surface area contributed by atoms with Crippen LogP contribution in [0.1, 0.15) is 10.4 Å². The van der Waals surface area contributed by atoms with Gasteiger partial charge in [-0.1, -0.05) is 12.1 Å². The maximum Gasteiger partial charge on any atom is 0.339 e. The Balaban J connectivity index is 2.68. The summed E-state index contributed by atoms with van der Waals surface area (Å²) in [5.74, 6) is -0.529. The normalized spacial score (nSPS) is 15.2. The smallest absolute Gasteiger partial charge is 0.339 e. The standard InChI is InChI=1S/C13H19NO6/c1-20-13(19)8-4-2-3-5-9(8)14-6-10(16)12(18)11(17)7-15/h2-5,10-12,14-18H,6-7H2,1H3. The fourth-order valence-electron chi connectivity index (χ4n) is 1.62. The van der Waals surface area contributed by atoms with E-state index < -0.39 is 30.9 Å². The number of hydrogen-bond donors (Lipinski definition) is 5. The SMILES string of the molecule is COC(=O)c1ccccc1NCC(O)C(O)C(O)CO. The van der Waals surface area contributed by atoms with Crippen LogP contribution in [0, 0.1) is 0 Å². The zero-order valence-electron chi connectivity index (χ0n) is 11.1. The summed E-state index contributed by atoms with van der Waals surface area (Å²) in [5, 5.41) is 39.8. The average Bonchev–Trinajstić information content (AvgIpc) is 2.50. The zero-order valence-corrected chi connectivity index (χ0v) is 11.1. The number of rotatable bonds is 7. The number of hydrogen-bond acceptors (Lipinski definition) is 7. The van der Waals surface area contributed by atoms with E-state index in [4.69, 9.17) is 5.11 Å². The molecular formula is C13H19NO6. The Labute approximate surface area is 116 Å². The van der Waals surface area contributed by atoms with E-state index in [9.17, 15) is 20.1 Å². The number of para-hydroxylation sites is 1. The van der Waals surface area contributed by atoms with E-state index in [2.05, 4.69) is 10.1 Å². The van der Waals surface area contributed by atoms with Gasteiger partial charge < -0.3 is 30.5 Å². The average molecular weight is 285 g/mol. The van der Waals surface area contributed by atoms with E-state index in [1.54, 1.807) is 24.3 Å². The fourth-order valence-corrected chi connectivity index (χ4v) is 1.62. The Morgan fingerprint density at radius 3 is 2.50 bits per heavy atom. The molecule has 0 aromatic heterocycles. The molecule has 7 heteroatoms. The zero-order chi connectivity index (χ0) is 15.1. The van der Waals surface area contributed by atoms with Crippen LogP contribution in [0.15, 0.2) is 24.3 Å². The molecule has 0 bridgehead atoms. The number of ether oxygens (including phenoxy) is 1. The minimum atomic E-state index is -1.49. The molecule has 0 saturated heterocycles. The lowest BCUT2D eigenvalue weighted by Crippen LogP contribution is -2.43. The van der Waals surface area contributed by atoms with Gasteiger partial charge in [-0.2, -0.15) is 0 Å². The van der Waals surface area contributed by atoms with Crippen LogP contribution in [0.3, 0.4) is 0 Å². The van der Waals surface area contributed by atoms with Crippen molar-refractivity contribution in [1.82, 2.24) is 0 Å². The third kappa shape index (κ3) is 4.17. The first-order chi connectivity index (χ1) is 9.51. The van der Waals surface area contributed by atoms with Crippen LogP contribution in [0.5, 0.6) is 0 Å². The summed E-state index contributed by atoms with van der Waals surface area (Å²) >= 11 is 0. The summed E-state index contributed by atoms with van der Waals surface area (Å²) in [6, 6.07) is 6.53. The Kier molecular flexibility index (Phi) is 6.40. The predicted molar refractivity (Wildman–Crippen MR) is 71.4 cm³/mol. The summed E-state index contributed by atoms with van der Waals surface area (Å²) in [6.07, 6.45) is -4.22. The van der Waals surface area contributed by atoms with Crippen LogP contribution in [0.4, 0.5) is 5.69 Å². The summed E-state index contributed by atoms with van der Waals surface area (Å²) in [6.45, 7) is -0.761. The number of aliphatic hydroxyl groups is 4. The molecular weight excluding hydrogens is 266 g/mol. The van der Waals surface area contributed by atoms with Crippen LogP contribution in [0.2, 0.25) is 0 Å². The van der Waals surface area contributed by atoms with Crippen molar-refractivity contribution in [2.75, 3.05) is 25.6 Å². The quantitative estimate of drug-likeness (QED) is 0.406. The van der Waals surface area contributed by atoms with Crippen molar-refractivity contribution in [1.29, 1.82) is 0 Å². The van der Waals surface area contributed by atoms with Crippen LogP contribution in [-0.2, 0) is 4.74 Å². The van der Waals surface area contributed by atoms with Crippen LogP contribution in [-0.4, -0.2) is 65.0 Å². The van der Waals surface area contributed by atoms with Gasteiger partial charge in [-0.15, -0.1) is 0 Å². The van der Waals surface area contributed by atoms with Crippen molar-refractivity contribution in [2.45, 2.75) is 18.3 Å². The summed E-state index contributed by atoms with van der Waals surface area (Å²) < 4.78 is 4.62. The molecule has 0 heterocycles. The second-order valence-electron chi connectivity index (χ2n) is 4.23. The van der Waals surface area contributed by atoms with Gasteiger partial charge in [0.05, 0.1) is 25.4 Å². The summed E-state index contributed by atoms with van der Waals surface area (Å²) in [5.41, 5.74) is 0.725. The van der Waals surface area contributed by atoms with Gasteiger partial charge in [0.1, 0.15) is 12.2 Å². The van der Waals surface area contributed by atoms with Crippen LogP contribution in [0.25, 0.3) is 0 Å². The van der Waals surface area contributed by atoms with Crippen molar-refractivity contribution in [3.63, 3.8) is 0 Å². The lowest BCUT2D eigenvalue weighted by atomic mass is 10.1. The molecule has 1 rings (SSSR count). The second kappa shape index (κ2) is 7.81. The lowest BCUT2D eigenvalue weighted by Gasteiger charge is -2.22. The fraction of sp³-hybridized carbons (Fsp3) is 0.462. The Bertz CT molecular complexity index is 439. The van der Waals surface area contributed by atoms with E-state index in [0.29, 0.717) is 11.3 Å². The van der Waals surface area contributed by atoms with E-state index >= 15 is 0 Å². The van der Waals surface area contributed by atoms with Crippen molar-refractivity contribution in [3.05, 3.63) is 29.8 Å². The maximum atomic E-state index is 11.5. The maximum absolute atomic E-state index is 11.5. The monoisotopic (exact) mass is 285 g/mol. The summed E-state index contributed by atoms with van der Waals surface area (Å²) in [4.78, 5) is 11.5. The molecule has 1 aromatic rings. The van der Waals surface area contributed by atoms with Crippen molar-refractivity contribution in [2.24, 2.45) is 0 Å². The first-order valence-corrected chi connectivity index (χ1v) is 6.07. The first kappa shape index (κ1) is 16.4. The molecule has 5 N–H and O–H groups in total. The molecule has 0 aliphatic heterocycles. The third-order valence-electron chi connectivity index (χ3n) is 2.81. The molecule has 0 radical (unpaired) electrons. The number of esters is 1. The number of methoxy groups -OCH3 is 1. The molecule has 0 spiro atoms. The van der Waals surface area contributed by atoms with Crippen LogP contribution < -0.4 is 5.32 Å². The molecule has 0 saturated carbocycles. The van der Waals surface area contributed by atoms with Gasteiger partial charge in [0.2, 0.25) is 0 Å². The number of nitrogens with one attached hydrogen (secondary N) is 1. The van der Waals surface area contributed by atoms with Gasteiger partial charge in [-0.25, -0.2) is 4.79 Å². The molecule has 0 fully saturated rings. The topological polar surface area (TPSA) is 119 Å². The predicted octanol–water partition coefficient (Wildman–Crippen LogP) is -1.04. The third-order valence-corrected chi connectivity index (χ3v) is 2.81. The molecule has 0 amide bonds. The van der Waals surface area contributed by atoms with Crippen molar-refractivity contribution >= 4 is 11.7 Å². The first-order valence-electron chi connectivity index (χ1n) is 6.07. The molecule has 20 heavy (non-hydrogen) atoms. The minimum absolute atomic E-state index is 0.105. The lowest BCUT2D eigenvalue weighted by molar-refractivity contribution is -0.0715. The van der Waals surface area contributed by atoms with E-state index in [1.165, 1.54) is 7.11 Å². The molecule has 3 unspecified atom stereocenters. The van der Waals surface area contributed by atoms with Gasteiger partial charge >= 0.3 is 5.97 Å². The number of carbonyl (C=O) groups excluding carboxylic acids is 1. The minimum Gasteiger partial charge on any atom is -0.465 e. The molecule has 0 aliphatic rings. The number of benzene rings is 1. The second-order valence-corrected chi connectivity index (χ2v) is 4.23. The van der Waals surface area contributed by atoms with E-state index in [-0.39, 0.29) is 6.54 Å². The Morgan fingerprint density at radius 1 is 1.25 bits per heavy atom. The number of anilines is 1. The summed E-state index contributed by atoms with van der Waals surface area (Å²) in [7, 11) is 1.26. The van der Waals surface area contributed by atoms with E-state index in [1.807, 2.05) is 0 Å². The van der Waals surface area contributed by atoms with Crippen LogP contribution >= 0.6 is 0 Å². The highest BCUT2D eigenvalue weighted by molar-refractivity contribution is 5.95. The van der Waals surface area contributed by atoms with Gasteiger partial charge in [0.15, 0.2) is 0 Å². The highest BCUT2D eigenvalue weighted by Crippen LogP contribution is 2.16. The van der Waals surface area contributed by atoms with Crippen molar-refractivity contribution < 1.29 is 30.0 Å². The highest BCUT2D eigenvalue weighted by atomic mass is 16.5. The molecule has 112 valence electrons.